The molecule has 1 aromatic heterocycles. The summed E-state index contributed by atoms with van der Waals surface area (Å²) in [4.78, 5) is 37.0. The van der Waals surface area contributed by atoms with Gasteiger partial charge in [0.25, 0.3) is 0 Å². The van der Waals surface area contributed by atoms with Gasteiger partial charge in [0, 0.05) is 28.8 Å². The molecule has 2 aromatic carbocycles. The number of rotatable bonds is 6. The second kappa shape index (κ2) is 8.58. The SMILES string of the molecule is CCOc1ccc(-n2ccn(CC(=O)Nc3ccc(Cl)cc3)c(=O)c2=O)cc1. The lowest BCUT2D eigenvalue weighted by Gasteiger charge is -2.10. The molecule has 0 saturated heterocycles. The molecule has 3 rings (SSSR count). The van der Waals surface area contributed by atoms with E-state index in [1.54, 1.807) is 48.5 Å². The number of hydrogen-bond acceptors (Lipinski definition) is 4. The molecule has 0 spiro atoms. The molecule has 0 unspecified atom stereocenters. The van der Waals surface area contributed by atoms with Crippen LogP contribution in [-0.4, -0.2) is 21.6 Å². The molecule has 0 bridgehead atoms. The van der Waals surface area contributed by atoms with E-state index in [0.29, 0.717) is 28.8 Å². The number of halogens is 1. The van der Waals surface area contributed by atoms with Gasteiger partial charge in [0.05, 0.1) is 6.61 Å². The van der Waals surface area contributed by atoms with Gasteiger partial charge in [-0.25, -0.2) is 0 Å². The van der Waals surface area contributed by atoms with E-state index in [1.165, 1.54) is 17.0 Å². The van der Waals surface area contributed by atoms with Crippen molar-refractivity contribution in [1.82, 2.24) is 9.13 Å². The highest BCUT2D eigenvalue weighted by Gasteiger charge is 2.10. The average Bonchev–Trinajstić information content (AvgIpc) is 2.69. The molecular formula is C20H18ClN3O4. The van der Waals surface area contributed by atoms with Gasteiger partial charge in [-0.05, 0) is 55.5 Å². The second-order valence-corrected chi connectivity index (χ2v) is 6.32. The van der Waals surface area contributed by atoms with Crippen LogP contribution in [0.5, 0.6) is 5.75 Å². The van der Waals surface area contributed by atoms with Crippen molar-refractivity contribution in [2.24, 2.45) is 0 Å². The first-order valence-electron chi connectivity index (χ1n) is 8.58. The number of anilines is 1. The van der Waals surface area contributed by atoms with Crippen LogP contribution >= 0.6 is 11.6 Å². The van der Waals surface area contributed by atoms with E-state index in [2.05, 4.69) is 5.32 Å². The van der Waals surface area contributed by atoms with E-state index in [4.69, 9.17) is 16.3 Å². The van der Waals surface area contributed by atoms with E-state index in [9.17, 15) is 14.4 Å². The number of carbonyl (C=O) groups is 1. The Balaban J connectivity index is 1.78. The molecule has 28 heavy (non-hydrogen) atoms. The summed E-state index contributed by atoms with van der Waals surface area (Å²) in [6.07, 6.45) is 2.86. The number of aromatic nitrogens is 2. The third-order valence-corrected chi connectivity index (χ3v) is 4.18. The molecule has 8 heteroatoms. The van der Waals surface area contributed by atoms with Crippen LogP contribution in [0.15, 0.2) is 70.5 Å². The molecule has 0 fully saturated rings. The Morgan fingerprint density at radius 2 is 1.68 bits per heavy atom. The summed E-state index contributed by atoms with van der Waals surface area (Å²) >= 11 is 5.80. The molecule has 0 aliphatic carbocycles. The van der Waals surface area contributed by atoms with Crippen molar-refractivity contribution in [3.63, 3.8) is 0 Å². The Morgan fingerprint density at radius 1 is 1.00 bits per heavy atom. The van der Waals surface area contributed by atoms with Gasteiger partial charge in [0.15, 0.2) is 0 Å². The van der Waals surface area contributed by atoms with Gasteiger partial charge < -0.3 is 10.1 Å². The number of nitrogens with zero attached hydrogens (tertiary/aromatic N) is 2. The van der Waals surface area contributed by atoms with E-state index in [0.717, 1.165) is 4.57 Å². The van der Waals surface area contributed by atoms with Crippen molar-refractivity contribution >= 4 is 23.2 Å². The zero-order valence-corrected chi connectivity index (χ0v) is 15.8. The lowest BCUT2D eigenvalue weighted by Crippen LogP contribution is -2.41. The summed E-state index contributed by atoms with van der Waals surface area (Å²) in [6, 6.07) is 13.4. The van der Waals surface area contributed by atoms with Crippen LogP contribution in [0, 0.1) is 0 Å². The third kappa shape index (κ3) is 4.50. The standard InChI is InChI=1S/C20H18ClN3O4/c1-2-28-17-9-7-16(8-10-17)24-12-11-23(19(26)20(24)27)13-18(25)22-15-5-3-14(21)4-6-15/h3-12H,2,13H2,1H3,(H,22,25). The Kier molecular flexibility index (Phi) is 5.96. The van der Waals surface area contributed by atoms with E-state index in [-0.39, 0.29) is 6.54 Å². The number of hydrogen-bond donors (Lipinski definition) is 1. The minimum Gasteiger partial charge on any atom is -0.494 e. The fourth-order valence-electron chi connectivity index (χ4n) is 2.59. The number of ether oxygens (including phenoxy) is 1. The van der Waals surface area contributed by atoms with Crippen LogP contribution in [0.25, 0.3) is 5.69 Å². The van der Waals surface area contributed by atoms with Crippen LogP contribution in [-0.2, 0) is 11.3 Å². The maximum atomic E-state index is 12.4. The summed E-state index contributed by atoms with van der Waals surface area (Å²) in [7, 11) is 0. The van der Waals surface area contributed by atoms with Gasteiger partial charge in [-0.15, -0.1) is 0 Å². The fourth-order valence-corrected chi connectivity index (χ4v) is 2.72. The van der Waals surface area contributed by atoms with Gasteiger partial charge in [-0.2, -0.15) is 0 Å². The zero-order valence-electron chi connectivity index (χ0n) is 15.1. The van der Waals surface area contributed by atoms with Crippen molar-refractivity contribution in [3.05, 3.63) is 86.7 Å². The molecular weight excluding hydrogens is 382 g/mol. The molecule has 7 nitrogen and oxygen atoms in total. The quantitative estimate of drug-likeness (QED) is 0.646. The minimum atomic E-state index is -0.789. The highest BCUT2D eigenvalue weighted by atomic mass is 35.5. The summed E-state index contributed by atoms with van der Waals surface area (Å²) in [5, 5.41) is 3.20. The lowest BCUT2D eigenvalue weighted by molar-refractivity contribution is -0.116. The average molecular weight is 400 g/mol. The topological polar surface area (TPSA) is 82.3 Å². The van der Waals surface area contributed by atoms with E-state index < -0.39 is 17.0 Å². The molecule has 0 aliphatic rings. The number of amides is 1. The second-order valence-electron chi connectivity index (χ2n) is 5.89. The summed E-state index contributed by atoms with van der Waals surface area (Å²) in [6.45, 7) is 2.13. The van der Waals surface area contributed by atoms with E-state index in [1.807, 2.05) is 6.92 Å². The van der Waals surface area contributed by atoms with Crippen LogP contribution in [0.3, 0.4) is 0 Å². The molecule has 1 heterocycles. The van der Waals surface area contributed by atoms with Crippen LogP contribution in [0.4, 0.5) is 5.69 Å². The van der Waals surface area contributed by atoms with Gasteiger partial charge in [0.1, 0.15) is 12.3 Å². The molecule has 3 aromatic rings. The van der Waals surface area contributed by atoms with Crippen LogP contribution in [0.2, 0.25) is 5.02 Å². The smallest absolute Gasteiger partial charge is 0.320 e. The molecule has 0 aliphatic heterocycles. The van der Waals surface area contributed by atoms with Crippen molar-refractivity contribution < 1.29 is 9.53 Å². The molecule has 0 saturated carbocycles. The number of carbonyl (C=O) groups excluding carboxylic acids is 1. The number of benzene rings is 2. The molecule has 144 valence electrons. The zero-order chi connectivity index (χ0) is 20.1. The Hall–Kier alpha value is -3.32. The van der Waals surface area contributed by atoms with Crippen molar-refractivity contribution in [2.75, 3.05) is 11.9 Å². The fraction of sp³-hybridized carbons (Fsp3) is 0.150. The van der Waals surface area contributed by atoms with Gasteiger partial charge in [-0.1, -0.05) is 11.6 Å². The first-order valence-corrected chi connectivity index (χ1v) is 8.96. The molecule has 0 atom stereocenters. The number of nitrogens with one attached hydrogen (secondary N) is 1. The van der Waals surface area contributed by atoms with Crippen molar-refractivity contribution in [1.29, 1.82) is 0 Å². The first kappa shape index (κ1) is 19.4. The maximum Gasteiger partial charge on any atom is 0.320 e. The van der Waals surface area contributed by atoms with E-state index >= 15 is 0 Å². The molecule has 0 radical (unpaired) electrons. The Labute approximate surface area is 165 Å². The normalized spacial score (nSPS) is 10.5. The highest BCUT2D eigenvalue weighted by Crippen LogP contribution is 2.14. The third-order valence-electron chi connectivity index (χ3n) is 3.93. The van der Waals surface area contributed by atoms with Gasteiger partial charge in [-0.3, -0.25) is 23.5 Å². The highest BCUT2D eigenvalue weighted by molar-refractivity contribution is 6.30. The van der Waals surface area contributed by atoms with Gasteiger partial charge in [0.2, 0.25) is 5.91 Å². The Bertz CT molecular complexity index is 1090. The molecule has 1 amide bonds. The first-order chi connectivity index (χ1) is 13.5. The van der Waals surface area contributed by atoms with Crippen molar-refractivity contribution in [3.8, 4) is 11.4 Å². The predicted octanol–water partition coefficient (Wildman–Crippen LogP) is 2.69. The van der Waals surface area contributed by atoms with Crippen molar-refractivity contribution in [2.45, 2.75) is 13.5 Å². The van der Waals surface area contributed by atoms with Gasteiger partial charge >= 0.3 is 11.1 Å². The monoisotopic (exact) mass is 399 g/mol. The summed E-state index contributed by atoms with van der Waals surface area (Å²) in [5.41, 5.74) is -0.456. The maximum absolute atomic E-state index is 12.4. The van der Waals surface area contributed by atoms with Crippen LogP contribution in [0.1, 0.15) is 6.92 Å². The molecule has 1 N–H and O–H groups in total. The Morgan fingerprint density at radius 3 is 2.32 bits per heavy atom. The minimum absolute atomic E-state index is 0.277. The summed E-state index contributed by atoms with van der Waals surface area (Å²) in [5.74, 6) is 0.245. The van der Waals surface area contributed by atoms with Crippen LogP contribution < -0.4 is 21.2 Å². The lowest BCUT2D eigenvalue weighted by atomic mass is 10.3. The largest absolute Gasteiger partial charge is 0.494 e. The summed E-state index contributed by atoms with van der Waals surface area (Å²) < 4.78 is 7.66. The predicted molar refractivity (Wildman–Crippen MR) is 108 cm³/mol.